The Labute approximate surface area is 109 Å². The van der Waals surface area contributed by atoms with E-state index >= 15 is 0 Å². The minimum Gasteiger partial charge on any atom is -0.326 e. The number of aryl methyl sites for hydroxylation is 1. The second-order valence-electron chi connectivity index (χ2n) is 3.82. The van der Waals surface area contributed by atoms with Gasteiger partial charge in [0.2, 0.25) is 11.0 Å². The monoisotopic (exact) mass is 262 g/mol. The van der Waals surface area contributed by atoms with E-state index in [1.54, 1.807) is 0 Å². The summed E-state index contributed by atoms with van der Waals surface area (Å²) >= 11 is 1.36. The molecular formula is C12H14N4OS. The summed E-state index contributed by atoms with van der Waals surface area (Å²) in [6.45, 7) is 2.28. The van der Waals surface area contributed by atoms with Gasteiger partial charge in [0.25, 0.3) is 0 Å². The molecule has 1 aromatic heterocycles. The number of amides is 1. The van der Waals surface area contributed by atoms with E-state index in [9.17, 15) is 4.79 Å². The van der Waals surface area contributed by atoms with Gasteiger partial charge in [0.05, 0.1) is 6.42 Å². The van der Waals surface area contributed by atoms with Gasteiger partial charge >= 0.3 is 0 Å². The molecule has 2 rings (SSSR count). The number of carbonyl (C=O) groups is 1. The van der Waals surface area contributed by atoms with E-state index in [1.165, 1.54) is 11.3 Å². The SMILES string of the molecule is Cc1nnc(NC(=O)Cc2ccccc2CN)s1. The molecule has 1 amide bonds. The van der Waals surface area contributed by atoms with E-state index in [4.69, 9.17) is 5.73 Å². The molecule has 0 atom stereocenters. The third-order valence-corrected chi connectivity index (χ3v) is 3.22. The lowest BCUT2D eigenvalue weighted by Gasteiger charge is -2.06. The second-order valence-corrected chi connectivity index (χ2v) is 5.01. The van der Waals surface area contributed by atoms with Gasteiger partial charge in [0.15, 0.2) is 0 Å². The highest BCUT2D eigenvalue weighted by molar-refractivity contribution is 7.15. The Morgan fingerprint density at radius 1 is 1.33 bits per heavy atom. The quantitative estimate of drug-likeness (QED) is 0.874. The van der Waals surface area contributed by atoms with E-state index in [2.05, 4.69) is 15.5 Å². The van der Waals surface area contributed by atoms with E-state index in [1.807, 2.05) is 31.2 Å². The zero-order valence-corrected chi connectivity index (χ0v) is 10.8. The van der Waals surface area contributed by atoms with E-state index < -0.39 is 0 Å². The van der Waals surface area contributed by atoms with Crippen molar-refractivity contribution in [1.82, 2.24) is 10.2 Å². The Morgan fingerprint density at radius 2 is 2.06 bits per heavy atom. The Balaban J connectivity index is 2.03. The summed E-state index contributed by atoms with van der Waals surface area (Å²) in [5.74, 6) is -0.105. The van der Waals surface area contributed by atoms with Crippen LogP contribution >= 0.6 is 11.3 Å². The summed E-state index contributed by atoms with van der Waals surface area (Å²) in [4.78, 5) is 11.8. The number of hydrogen-bond donors (Lipinski definition) is 2. The average molecular weight is 262 g/mol. The predicted octanol–water partition coefficient (Wildman–Crippen LogP) is 1.49. The predicted molar refractivity (Wildman–Crippen MR) is 71.3 cm³/mol. The van der Waals surface area contributed by atoms with Crippen LogP contribution in [0.2, 0.25) is 0 Å². The van der Waals surface area contributed by atoms with Crippen molar-refractivity contribution in [3.8, 4) is 0 Å². The van der Waals surface area contributed by atoms with E-state index in [0.29, 0.717) is 18.1 Å². The molecule has 3 N–H and O–H groups in total. The molecular weight excluding hydrogens is 248 g/mol. The van der Waals surface area contributed by atoms with Crippen molar-refractivity contribution in [2.24, 2.45) is 5.73 Å². The fourth-order valence-corrected chi connectivity index (χ4v) is 2.22. The lowest BCUT2D eigenvalue weighted by Crippen LogP contribution is -2.16. The highest BCUT2D eigenvalue weighted by atomic mass is 32.1. The molecule has 0 aliphatic carbocycles. The molecule has 0 radical (unpaired) electrons. The number of aromatic nitrogens is 2. The summed E-state index contributed by atoms with van der Waals surface area (Å²) in [6, 6.07) is 7.65. The molecule has 0 bridgehead atoms. The van der Waals surface area contributed by atoms with Crippen LogP contribution in [0.25, 0.3) is 0 Å². The molecule has 0 unspecified atom stereocenters. The van der Waals surface area contributed by atoms with Crippen LogP contribution in [0.3, 0.4) is 0 Å². The summed E-state index contributed by atoms with van der Waals surface area (Å²) in [7, 11) is 0. The average Bonchev–Trinajstić information content (AvgIpc) is 2.75. The first kappa shape index (κ1) is 12.7. The zero-order valence-electron chi connectivity index (χ0n) is 10.0. The number of benzene rings is 1. The first-order valence-electron chi connectivity index (χ1n) is 5.56. The Hall–Kier alpha value is -1.79. The molecule has 18 heavy (non-hydrogen) atoms. The summed E-state index contributed by atoms with van der Waals surface area (Å²) in [5.41, 5.74) is 7.56. The van der Waals surface area contributed by atoms with Crippen LogP contribution in [-0.2, 0) is 17.8 Å². The summed E-state index contributed by atoms with van der Waals surface area (Å²) < 4.78 is 0. The highest BCUT2D eigenvalue weighted by Crippen LogP contribution is 2.15. The number of carbonyl (C=O) groups excluding carboxylic acids is 1. The molecule has 0 aliphatic heterocycles. The van der Waals surface area contributed by atoms with Crippen LogP contribution < -0.4 is 11.1 Å². The minimum absolute atomic E-state index is 0.105. The minimum atomic E-state index is -0.105. The first-order valence-corrected chi connectivity index (χ1v) is 6.37. The second kappa shape index (κ2) is 5.70. The lowest BCUT2D eigenvalue weighted by atomic mass is 10.0. The van der Waals surface area contributed by atoms with Crippen LogP contribution in [0.4, 0.5) is 5.13 Å². The maximum Gasteiger partial charge on any atom is 0.230 e. The molecule has 0 saturated heterocycles. The van der Waals surface area contributed by atoms with Crippen LogP contribution in [0.5, 0.6) is 0 Å². The van der Waals surface area contributed by atoms with E-state index in [0.717, 1.165) is 16.1 Å². The van der Waals surface area contributed by atoms with Gasteiger partial charge in [-0.1, -0.05) is 35.6 Å². The third kappa shape index (κ3) is 3.12. The van der Waals surface area contributed by atoms with Crippen LogP contribution in [-0.4, -0.2) is 16.1 Å². The van der Waals surface area contributed by atoms with Crippen molar-refractivity contribution in [2.45, 2.75) is 19.9 Å². The van der Waals surface area contributed by atoms with E-state index in [-0.39, 0.29) is 5.91 Å². The Kier molecular flexibility index (Phi) is 4.01. The molecule has 5 nitrogen and oxygen atoms in total. The van der Waals surface area contributed by atoms with Crippen molar-refractivity contribution in [2.75, 3.05) is 5.32 Å². The molecule has 0 aliphatic rings. The molecule has 1 heterocycles. The standard InChI is InChI=1S/C12H14N4OS/c1-8-15-16-12(18-8)14-11(17)6-9-4-2-3-5-10(9)7-13/h2-5H,6-7,13H2,1H3,(H,14,16,17). The number of nitrogens with two attached hydrogens (primary N) is 1. The van der Waals surface area contributed by atoms with Crippen molar-refractivity contribution in [3.63, 3.8) is 0 Å². The Morgan fingerprint density at radius 3 is 2.67 bits per heavy atom. The Bertz CT molecular complexity index is 553. The lowest BCUT2D eigenvalue weighted by molar-refractivity contribution is -0.115. The van der Waals surface area contributed by atoms with Crippen molar-refractivity contribution < 1.29 is 4.79 Å². The van der Waals surface area contributed by atoms with Crippen molar-refractivity contribution >= 4 is 22.4 Å². The maximum absolute atomic E-state index is 11.8. The maximum atomic E-state index is 11.8. The molecule has 94 valence electrons. The zero-order chi connectivity index (χ0) is 13.0. The summed E-state index contributed by atoms with van der Waals surface area (Å²) in [6.07, 6.45) is 0.298. The van der Waals surface area contributed by atoms with Gasteiger partial charge in [-0.3, -0.25) is 4.79 Å². The van der Waals surface area contributed by atoms with Gasteiger partial charge in [-0.2, -0.15) is 0 Å². The molecule has 1 aromatic carbocycles. The fraction of sp³-hybridized carbons (Fsp3) is 0.250. The first-order chi connectivity index (χ1) is 8.69. The van der Waals surface area contributed by atoms with Gasteiger partial charge in [-0.25, -0.2) is 0 Å². The molecule has 6 heteroatoms. The van der Waals surface area contributed by atoms with Gasteiger partial charge < -0.3 is 11.1 Å². The number of nitrogens with one attached hydrogen (secondary N) is 1. The largest absolute Gasteiger partial charge is 0.326 e. The van der Waals surface area contributed by atoms with Gasteiger partial charge in [-0.05, 0) is 18.1 Å². The van der Waals surface area contributed by atoms with Crippen LogP contribution in [0.15, 0.2) is 24.3 Å². The fourth-order valence-electron chi connectivity index (χ4n) is 1.61. The number of rotatable bonds is 4. The summed E-state index contributed by atoms with van der Waals surface area (Å²) in [5, 5.41) is 11.8. The van der Waals surface area contributed by atoms with Crippen molar-refractivity contribution in [1.29, 1.82) is 0 Å². The van der Waals surface area contributed by atoms with Gasteiger partial charge in [0.1, 0.15) is 5.01 Å². The molecule has 0 spiro atoms. The molecule has 2 aromatic rings. The topological polar surface area (TPSA) is 80.9 Å². The number of nitrogens with zero attached hydrogens (tertiary/aromatic N) is 2. The van der Waals surface area contributed by atoms with Crippen molar-refractivity contribution in [3.05, 3.63) is 40.4 Å². The normalized spacial score (nSPS) is 10.3. The number of hydrogen-bond acceptors (Lipinski definition) is 5. The van der Waals surface area contributed by atoms with Crippen LogP contribution in [0, 0.1) is 6.92 Å². The van der Waals surface area contributed by atoms with Crippen LogP contribution in [0.1, 0.15) is 16.1 Å². The smallest absolute Gasteiger partial charge is 0.230 e. The molecule has 0 saturated carbocycles. The van der Waals surface area contributed by atoms with Gasteiger partial charge in [0, 0.05) is 6.54 Å². The number of anilines is 1. The highest BCUT2D eigenvalue weighted by Gasteiger charge is 2.09. The molecule has 0 fully saturated rings. The third-order valence-electron chi connectivity index (χ3n) is 2.46. The van der Waals surface area contributed by atoms with Gasteiger partial charge in [-0.15, -0.1) is 10.2 Å².